The lowest BCUT2D eigenvalue weighted by Gasteiger charge is -2.09. The average molecular weight is 248 g/mol. The van der Waals surface area contributed by atoms with Crippen LogP contribution < -0.4 is 10.5 Å². The van der Waals surface area contributed by atoms with E-state index in [9.17, 15) is 0 Å². The molecule has 2 aromatic carbocycles. The summed E-state index contributed by atoms with van der Waals surface area (Å²) in [5.74, 6) is 0.834. The molecule has 0 unspecified atom stereocenters. The zero-order valence-corrected chi connectivity index (χ0v) is 10.4. The first kappa shape index (κ1) is 12.0. The number of nitrogens with two attached hydrogens (primary N) is 1. The van der Waals surface area contributed by atoms with Gasteiger partial charge >= 0.3 is 0 Å². The van der Waals surface area contributed by atoms with Crippen LogP contribution in [-0.4, -0.2) is 7.11 Å². The highest BCUT2D eigenvalue weighted by molar-refractivity contribution is 6.30. The van der Waals surface area contributed by atoms with Gasteiger partial charge in [-0.1, -0.05) is 29.8 Å². The first-order valence-electron chi connectivity index (χ1n) is 5.37. The lowest BCUT2D eigenvalue weighted by Crippen LogP contribution is -1.99. The highest BCUT2D eigenvalue weighted by Gasteiger charge is 2.05. The summed E-state index contributed by atoms with van der Waals surface area (Å²) >= 11 is 5.96. The molecule has 2 rings (SSSR count). The Morgan fingerprint density at radius 2 is 2.00 bits per heavy atom. The second kappa shape index (κ2) is 5.21. The molecule has 0 saturated carbocycles. The van der Waals surface area contributed by atoms with Gasteiger partial charge in [-0.15, -0.1) is 0 Å². The Morgan fingerprint density at radius 1 is 1.18 bits per heavy atom. The van der Waals surface area contributed by atoms with Crippen molar-refractivity contribution in [3.63, 3.8) is 0 Å². The Bertz CT molecular complexity index is 525. The third-order valence-electron chi connectivity index (χ3n) is 2.67. The van der Waals surface area contributed by atoms with Gasteiger partial charge in [0.05, 0.1) is 7.11 Å². The fourth-order valence-corrected chi connectivity index (χ4v) is 2.00. The largest absolute Gasteiger partial charge is 0.497 e. The van der Waals surface area contributed by atoms with Gasteiger partial charge in [-0.05, 0) is 41.0 Å². The van der Waals surface area contributed by atoms with E-state index in [0.29, 0.717) is 11.6 Å². The molecule has 0 spiro atoms. The van der Waals surface area contributed by atoms with Gasteiger partial charge in [0.1, 0.15) is 5.75 Å². The third-order valence-corrected chi connectivity index (χ3v) is 2.90. The Morgan fingerprint density at radius 3 is 2.71 bits per heavy atom. The van der Waals surface area contributed by atoms with Crippen molar-refractivity contribution in [2.75, 3.05) is 7.11 Å². The first-order valence-corrected chi connectivity index (χ1v) is 5.75. The van der Waals surface area contributed by atoms with Crippen LogP contribution in [0.25, 0.3) is 11.1 Å². The molecule has 0 aliphatic rings. The van der Waals surface area contributed by atoms with Gasteiger partial charge in [-0.3, -0.25) is 0 Å². The standard InChI is InChI=1S/C14H14ClNO/c1-17-13-4-2-3-10(8-13)14-6-5-12(15)7-11(14)9-16/h2-8H,9,16H2,1H3. The zero-order chi connectivity index (χ0) is 12.3. The van der Waals surface area contributed by atoms with E-state index in [0.717, 1.165) is 22.4 Å². The van der Waals surface area contributed by atoms with Gasteiger partial charge in [0.15, 0.2) is 0 Å². The molecule has 0 atom stereocenters. The second-order valence-corrected chi connectivity index (χ2v) is 4.17. The van der Waals surface area contributed by atoms with Crippen molar-refractivity contribution < 1.29 is 4.74 Å². The monoisotopic (exact) mass is 247 g/mol. The van der Waals surface area contributed by atoms with Gasteiger partial charge in [0, 0.05) is 11.6 Å². The molecular formula is C14H14ClNO. The Balaban J connectivity index is 2.51. The van der Waals surface area contributed by atoms with Crippen molar-refractivity contribution in [3.05, 3.63) is 53.1 Å². The molecule has 0 aromatic heterocycles. The van der Waals surface area contributed by atoms with Crippen molar-refractivity contribution in [1.82, 2.24) is 0 Å². The number of ether oxygens (including phenoxy) is 1. The van der Waals surface area contributed by atoms with E-state index >= 15 is 0 Å². The Kier molecular flexibility index (Phi) is 3.67. The average Bonchev–Trinajstić information content (AvgIpc) is 2.38. The summed E-state index contributed by atoms with van der Waals surface area (Å²) in [5, 5.41) is 0.706. The van der Waals surface area contributed by atoms with Crippen LogP contribution in [0.1, 0.15) is 5.56 Å². The topological polar surface area (TPSA) is 35.2 Å². The summed E-state index contributed by atoms with van der Waals surface area (Å²) < 4.78 is 5.22. The molecule has 0 radical (unpaired) electrons. The van der Waals surface area contributed by atoms with Crippen LogP contribution >= 0.6 is 11.6 Å². The summed E-state index contributed by atoms with van der Waals surface area (Å²) in [7, 11) is 1.66. The summed E-state index contributed by atoms with van der Waals surface area (Å²) in [6.45, 7) is 0.465. The molecule has 2 nitrogen and oxygen atoms in total. The summed E-state index contributed by atoms with van der Waals surface area (Å²) in [4.78, 5) is 0. The molecule has 88 valence electrons. The van der Waals surface area contributed by atoms with Crippen LogP contribution in [0.5, 0.6) is 5.75 Å². The quantitative estimate of drug-likeness (QED) is 0.901. The van der Waals surface area contributed by atoms with Crippen LogP contribution in [0.4, 0.5) is 0 Å². The minimum Gasteiger partial charge on any atom is -0.497 e. The number of benzene rings is 2. The Labute approximate surface area is 106 Å². The minimum atomic E-state index is 0.465. The van der Waals surface area contributed by atoms with E-state index in [-0.39, 0.29) is 0 Å². The van der Waals surface area contributed by atoms with Gasteiger partial charge in [-0.2, -0.15) is 0 Å². The highest BCUT2D eigenvalue weighted by atomic mass is 35.5. The maximum Gasteiger partial charge on any atom is 0.119 e. The van der Waals surface area contributed by atoms with E-state index in [2.05, 4.69) is 0 Å². The van der Waals surface area contributed by atoms with Crippen molar-refractivity contribution in [2.45, 2.75) is 6.54 Å². The molecule has 0 amide bonds. The highest BCUT2D eigenvalue weighted by Crippen LogP contribution is 2.28. The maximum atomic E-state index is 5.96. The number of halogens is 1. The van der Waals surface area contributed by atoms with Crippen molar-refractivity contribution in [1.29, 1.82) is 0 Å². The van der Waals surface area contributed by atoms with Crippen LogP contribution in [-0.2, 0) is 6.54 Å². The van der Waals surface area contributed by atoms with Crippen LogP contribution in [0.3, 0.4) is 0 Å². The van der Waals surface area contributed by atoms with Gasteiger partial charge in [-0.25, -0.2) is 0 Å². The smallest absolute Gasteiger partial charge is 0.119 e. The fourth-order valence-electron chi connectivity index (χ4n) is 1.80. The lowest BCUT2D eigenvalue weighted by molar-refractivity contribution is 0.415. The molecule has 0 bridgehead atoms. The maximum absolute atomic E-state index is 5.96. The van der Waals surface area contributed by atoms with Crippen molar-refractivity contribution in [3.8, 4) is 16.9 Å². The molecule has 0 aliphatic heterocycles. The van der Waals surface area contributed by atoms with E-state index in [4.69, 9.17) is 22.1 Å². The number of methoxy groups -OCH3 is 1. The first-order chi connectivity index (χ1) is 8.24. The minimum absolute atomic E-state index is 0.465. The molecular weight excluding hydrogens is 234 g/mol. The molecule has 0 heterocycles. The fraction of sp³-hybridized carbons (Fsp3) is 0.143. The lowest BCUT2D eigenvalue weighted by atomic mass is 9.99. The van der Waals surface area contributed by atoms with Crippen molar-refractivity contribution in [2.24, 2.45) is 5.73 Å². The molecule has 2 aromatic rings. The van der Waals surface area contributed by atoms with Crippen LogP contribution in [0.15, 0.2) is 42.5 Å². The summed E-state index contributed by atoms with van der Waals surface area (Å²) in [5.41, 5.74) is 8.95. The van der Waals surface area contributed by atoms with Gasteiger partial charge in [0.2, 0.25) is 0 Å². The number of rotatable bonds is 3. The predicted molar refractivity (Wildman–Crippen MR) is 71.3 cm³/mol. The molecule has 2 N–H and O–H groups in total. The molecule has 17 heavy (non-hydrogen) atoms. The van der Waals surface area contributed by atoms with Crippen LogP contribution in [0, 0.1) is 0 Å². The van der Waals surface area contributed by atoms with E-state index in [1.807, 2.05) is 42.5 Å². The molecule has 0 saturated heterocycles. The predicted octanol–water partition coefficient (Wildman–Crippen LogP) is 3.47. The normalized spacial score (nSPS) is 10.3. The molecule has 3 heteroatoms. The van der Waals surface area contributed by atoms with E-state index in [1.165, 1.54) is 0 Å². The van der Waals surface area contributed by atoms with Gasteiger partial charge < -0.3 is 10.5 Å². The molecule has 0 fully saturated rings. The van der Waals surface area contributed by atoms with E-state index in [1.54, 1.807) is 7.11 Å². The number of hydrogen-bond acceptors (Lipinski definition) is 2. The summed E-state index contributed by atoms with van der Waals surface area (Å²) in [6, 6.07) is 13.7. The second-order valence-electron chi connectivity index (χ2n) is 3.74. The van der Waals surface area contributed by atoms with E-state index < -0.39 is 0 Å². The van der Waals surface area contributed by atoms with Gasteiger partial charge in [0.25, 0.3) is 0 Å². The Hall–Kier alpha value is -1.51. The number of hydrogen-bond donors (Lipinski definition) is 1. The molecule has 0 aliphatic carbocycles. The van der Waals surface area contributed by atoms with Crippen molar-refractivity contribution >= 4 is 11.6 Å². The zero-order valence-electron chi connectivity index (χ0n) is 9.61. The van der Waals surface area contributed by atoms with Crippen LogP contribution in [0.2, 0.25) is 5.02 Å². The summed E-state index contributed by atoms with van der Waals surface area (Å²) in [6.07, 6.45) is 0. The third kappa shape index (κ3) is 2.60. The SMILES string of the molecule is COc1cccc(-c2ccc(Cl)cc2CN)c1.